The summed E-state index contributed by atoms with van der Waals surface area (Å²) < 4.78 is 64.6. The first-order valence-corrected chi connectivity index (χ1v) is 9.50. The Hall–Kier alpha value is -3.01. The fourth-order valence-corrected chi connectivity index (χ4v) is 3.32. The number of carbonyl (C=O) groups excluding carboxylic acids is 2. The fraction of sp³-hybridized carbons (Fsp3) is 0.333. The number of hydrogen-bond acceptors (Lipinski definition) is 3. The molecule has 1 heterocycles. The van der Waals surface area contributed by atoms with Crippen molar-refractivity contribution in [1.82, 2.24) is 16.0 Å². The summed E-state index contributed by atoms with van der Waals surface area (Å²) in [5.74, 6) is -2.90. The van der Waals surface area contributed by atoms with Crippen molar-refractivity contribution in [3.63, 3.8) is 0 Å². The Bertz CT molecular complexity index is 962. The molecule has 2 aromatic carbocycles. The highest BCUT2D eigenvalue weighted by Crippen LogP contribution is 2.29. The SMILES string of the molecule is C[C@@H](NC(=O)C1CC(=O)NC(Cc2ccc(F)c(F)c2)N1)c1ccc(C(F)(F)F)cc1. The van der Waals surface area contributed by atoms with Crippen LogP contribution < -0.4 is 16.0 Å². The van der Waals surface area contributed by atoms with Crippen LogP contribution in [0.3, 0.4) is 0 Å². The standard InChI is InChI=1S/C21H20F5N3O2/c1-11(13-3-5-14(6-4-13)21(24,25)26)27-20(31)17-10-19(30)29-18(28-17)9-12-2-7-15(22)16(23)8-12/h2-8,11,17-18,28H,9-10H2,1H3,(H,27,31)(H,29,30)/t11-,17?,18?/m1/s1. The molecule has 1 aliphatic rings. The molecule has 5 nitrogen and oxygen atoms in total. The lowest BCUT2D eigenvalue weighted by Gasteiger charge is -2.31. The Labute approximate surface area is 175 Å². The van der Waals surface area contributed by atoms with Gasteiger partial charge in [-0.3, -0.25) is 14.9 Å². The summed E-state index contributed by atoms with van der Waals surface area (Å²) in [6.07, 6.45) is -5.14. The first kappa shape index (κ1) is 22.7. The zero-order chi connectivity index (χ0) is 22.8. The summed E-state index contributed by atoms with van der Waals surface area (Å²) in [5.41, 5.74) is 0.108. The Balaban J connectivity index is 1.62. The lowest BCUT2D eigenvalue weighted by molar-refractivity contribution is -0.137. The van der Waals surface area contributed by atoms with Crippen LogP contribution in [0.15, 0.2) is 42.5 Å². The first-order valence-electron chi connectivity index (χ1n) is 9.50. The van der Waals surface area contributed by atoms with Crippen LogP contribution in [0, 0.1) is 11.6 Å². The average Bonchev–Trinajstić information content (AvgIpc) is 2.69. The first-order chi connectivity index (χ1) is 14.5. The van der Waals surface area contributed by atoms with Crippen molar-refractivity contribution in [2.24, 2.45) is 0 Å². The number of halogens is 5. The van der Waals surface area contributed by atoms with E-state index in [0.29, 0.717) is 11.1 Å². The van der Waals surface area contributed by atoms with E-state index < -0.39 is 53.4 Å². The molecule has 0 aromatic heterocycles. The van der Waals surface area contributed by atoms with Crippen LogP contribution in [0.2, 0.25) is 0 Å². The zero-order valence-corrected chi connectivity index (χ0v) is 16.4. The van der Waals surface area contributed by atoms with Crippen molar-refractivity contribution in [3.05, 3.63) is 70.8 Å². The third kappa shape index (κ3) is 5.78. The maximum atomic E-state index is 13.4. The van der Waals surface area contributed by atoms with Gasteiger partial charge in [0.25, 0.3) is 0 Å². The largest absolute Gasteiger partial charge is 0.416 e. The summed E-state index contributed by atoms with van der Waals surface area (Å²) in [4.78, 5) is 24.6. The Morgan fingerprint density at radius 2 is 1.81 bits per heavy atom. The van der Waals surface area contributed by atoms with Gasteiger partial charge in [0.1, 0.15) is 0 Å². The van der Waals surface area contributed by atoms with E-state index in [0.717, 1.165) is 24.3 Å². The van der Waals surface area contributed by atoms with Crippen LogP contribution >= 0.6 is 0 Å². The van der Waals surface area contributed by atoms with Gasteiger partial charge in [0, 0.05) is 6.42 Å². The molecular weight excluding hydrogens is 421 g/mol. The van der Waals surface area contributed by atoms with Gasteiger partial charge in [-0.2, -0.15) is 13.2 Å². The predicted molar refractivity (Wildman–Crippen MR) is 102 cm³/mol. The normalized spacial score (nSPS) is 20.1. The number of benzene rings is 2. The third-order valence-corrected chi connectivity index (χ3v) is 4.96. The third-order valence-electron chi connectivity index (χ3n) is 4.96. The van der Waals surface area contributed by atoms with Crippen molar-refractivity contribution in [1.29, 1.82) is 0 Å². The van der Waals surface area contributed by atoms with Gasteiger partial charge in [-0.25, -0.2) is 8.78 Å². The molecule has 10 heteroatoms. The summed E-state index contributed by atoms with van der Waals surface area (Å²) in [5, 5.41) is 8.25. The highest BCUT2D eigenvalue weighted by Gasteiger charge is 2.32. The van der Waals surface area contributed by atoms with Crippen molar-refractivity contribution < 1.29 is 31.5 Å². The van der Waals surface area contributed by atoms with E-state index in [4.69, 9.17) is 0 Å². The molecule has 0 spiro atoms. The monoisotopic (exact) mass is 441 g/mol. The Kier molecular flexibility index (Phi) is 6.59. The molecule has 0 radical (unpaired) electrons. The van der Waals surface area contributed by atoms with Crippen LogP contribution in [0.4, 0.5) is 22.0 Å². The molecule has 1 aliphatic heterocycles. The molecule has 1 fully saturated rings. The van der Waals surface area contributed by atoms with Crippen molar-refractivity contribution in [3.8, 4) is 0 Å². The van der Waals surface area contributed by atoms with Gasteiger partial charge in [-0.1, -0.05) is 18.2 Å². The molecule has 3 atom stereocenters. The van der Waals surface area contributed by atoms with E-state index in [1.165, 1.54) is 18.2 Å². The molecule has 166 valence electrons. The number of carbonyl (C=O) groups is 2. The Morgan fingerprint density at radius 3 is 2.42 bits per heavy atom. The van der Waals surface area contributed by atoms with E-state index in [1.54, 1.807) is 6.92 Å². The zero-order valence-electron chi connectivity index (χ0n) is 16.4. The molecule has 2 unspecified atom stereocenters. The van der Waals surface area contributed by atoms with Gasteiger partial charge in [0.15, 0.2) is 11.6 Å². The minimum Gasteiger partial charge on any atom is -0.348 e. The van der Waals surface area contributed by atoms with Gasteiger partial charge in [0.05, 0.1) is 30.2 Å². The second-order valence-electron chi connectivity index (χ2n) is 7.35. The van der Waals surface area contributed by atoms with E-state index in [-0.39, 0.29) is 12.8 Å². The smallest absolute Gasteiger partial charge is 0.348 e. The van der Waals surface area contributed by atoms with Gasteiger partial charge >= 0.3 is 6.18 Å². The van der Waals surface area contributed by atoms with Crippen LogP contribution in [0.5, 0.6) is 0 Å². The molecule has 2 aromatic rings. The number of amides is 2. The van der Waals surface area contributed by atoms with Crippen molar-refractivity contribution in [2.75, 3.05) is 0 Å². The fourth-order valence-electron chi connectivity index (χ4n) is 3.32. The number of rotatable bonds is 5. The van der Waals surface area contributed by atoms with E-state index in [2.05, 4.69) is 16.0 Å². The van der Waals surface area contributed by atoms with Crippen molar-refractivity contribution in [2.45, 2.75) is 44.2 Å². The molecule has 3 rings (SSSR count). The highest BCUT2D eigenvalue weighted by atomic mass is 19.4. The van der Waals surface area contributed by atoms with Gasteiger partial charge in [-0.15, -0.1) is 0 Å². The summed E-state index contributed by atoms with van der Waals surface area (Å²) in [6.45, 7) is 1.61. The molecule has 3 N–H and O–H groups in total. The number of hydrogen-bond donors (Lipinski definition) is 3. The maximum absolute atomic E-state index is 13.4. The lowest BCUT2D eigenvalue weighted by atomic mass is 10.0. The van der Waals surface area contributed by atoms with E-state index in [9.17, 15) is 31.5 Å². The van der Waals surface area contributed by atoms with Crippen LogP contribution in [-0.2, 0) is 22.2 Å². The molecule has 2 amide bonds. The molecule has 31 heavy (non-hydrogen) atoms. The minimum atomic E-state index is -4.45. The minimum absolute atomic E-state index is 0.126. The van der Waals surface area contributed by atoms with Crippen LogP contribution in [-0.4, -0.2) is 24.0 Å². The highest BCUT2D eigenvalue weighted by molar-refractivity contribution is 5.89. The molecule has 0 bridgehead atoms. The van der Waals surface area contributed by atoms with Gasteiger partial charge < -0.3 is 10.6 Å². The topological polar surface area (TPSA) is 70.2 Å². The molecule has 1 saturated heterocycles. The second-order valence-corrected chi connectivity index (χ2v) is 7.35. The number of alkyl halides is 3. The van der Waals surface area contributed by atoms with Crippen molar-refractivity contribution >= 4 is 11.8 Å². The number of nitrogens with one attached hydrogen (secondary N) is 3. The molecule has 0 aliphatic carbocycles. The maximum Gasteiger partial charge on any atom is 0.416 e. The van der Waals surface area contributed by atoms with Crippen LogP contribution in [0.25, 0.3) is 0 Å². The summed E-state index contributed by atoms with van der Waals surface area (Å²) in [6, 6.07) is 6.31. The summed E-state index contributed by atoms with van der Waals surface area (Å²) >= 11 is 0. The lowest BCUT2D eigenvalue weighted by Crippen LogP contribution is -2.61. The average molecular weight is 441 g/mol. The van der Waals surface area contributed by atoms with E-state index in [1.807, 2.05) is 0 Å². The van der Waals surface area contributed by atoms with Crippen LogP contribution in [0.1, 0.15) is 36.1 Å². The summed E-state index contributed by atoms with van der Waals surface area (Å²) in [7, 11) is 0. The molecular formula is C21H20F5N3O2. The van der Waals surface area contributed by atoms with Gasteiger partial charge in [0.2, 0.25) is 11.8 Å². The quantitative estimate of drug-likeness (QED) is 0.625. The van der Waals surface area contributed by atoms with Gasteiger partial charge in [-0.05, 0) is 42.3 Å². The molecule has 0 saturated carbocycles. The second kappa shape index (κ2) is 9.01. The Morgan fingerprint density at radius 1 is 1.13 bits per heavy atom. The van der Waals surface area contributed by atoms with E-state index >= 15 is 0 Å². The predicted octanol–water partition coefficient (Wildman–Crippen LogP) is 3.21.